The van der Waals surface area contributed by atoms with Crippen molar-refractivity contribution in [3.05, 3.63) is 35.6 Å². The number of halogens is 2. The van der Waals surface area contributed by atoms with Gasteiger partial charge in [0.2, 0.25) is 0 Å². The van der Waals surface area contributed by atoms with Gasteiger partial charge in [-0.1, -0.05) is 25.5 Å². The number of aliphatic hydroxyl groups excluding tert-OH is 1. The topological polar surface area (TPSA) is 47.9 Å². The molecule has 1 fully saturated rings. The molecule has 0 aromatic heterocycles. The molecule has 0 aliphatic carbocycles. The van der Waals surface area contributed by atoms with E-state index in [0.29, 0.717) is 0 Å². The largest absolute Gasteiger partial charge is 0.393 e. The van der Waals surface area contributed by atoms with E-state index < -0.39 is 0 Å². The van der Waals surface area contributed by atoms with Crippen molar-refractivity contribution in [1.29, 1.82) is 0 Å². The van der Waals surface area contributed by atoms with Crippen LogP contribution in [0.1, 0.15) is 38.2 Å². The van der Waals surface area contributed by atoms with Gasteiger partial charge in [0.05, 0.1) is 6.10 Å². The zero-order valence-electron chi connectivity index (χ0n) is 14.4. The van der Waals surface area contributed by atoms with E-state index in [9.17, 15) is 9.50 Å². The Labute approximate surface area is 161 Å². The molecule has 0 spiro atoms. The molecule has 0 amide bonds. The average molecular weight is 449 g/mol. The molecule has 0 atom stereocenters. The maximum absolute atomic E-state index is 12.9. The van der Waals surface area contributed by atoms with Gasteiger partial charge < -0.3 is 15.3 Å². The normalized spacial score (nSPS) is 16.0. The molecule has 0 unspecified atom stereocenters. The molecule has 136 valence electrons. The smallest absolute Gasteiger partial charge is 0.193 e. The summed E-state index contributed by atoms with van der Waals surface area (Å²) in [5, 5.41) is 13.1. The Morgan fingerprint density at radius 1 is 1.29 bits per heavy atom. The van der Waals surface area contributed by atoms with Crippen LogP contribution < -0.4 is 5.32 Å². The van der Waals surface area contributed by atoms with Crippen molar-refractivity contribution in [3.63, 3.8) is 0 Å². The highest BCUT2D eigenvalue weighted by Crippen LogP contribution is 2.10. The van der Waals surface area contributed by atoms with Crippen LogP contribution in [0.15, 0.2) is 29.3 Å². The van der Waals surface area contributed by atoms with Crippen molar-refractivity contribution in [1.82, 2.24) is 10.2 Å². The second-order valence-electron chi connectivity index (χ2n) is 6.08. The first-order chi connectivity index (χ1) is 11.2. The average Bonchev–Trinajstić information content (AvgIpc) is 2.56. The van der Waals surface area contributed by atoms with Gasteiger partial charge in [-0.15, -0.1) is 24.0 Å². The van der Waals surface area contributed by atoms with E-state index in [1.54, 1.807) is 0 Å². The number of unbranched alkanes of at least 4 members (excludes halogenated alkanes) is 1. The van der Waals surface area contributed by atoms with Gasteiger partial charge in [-0.25, -0.2) is 4.39 Å². The van der Waals surface area contributed by atoms with Crippen molar-refractivity contribution in [2.45, 2.75) is 45.1 Å². The highest BCUT2D eigenvalue weighted by Gasteiger charge is 2.19. The van der Waals surface area contributed by atoms with Crippen LogP contribution >= 0.6 is 24.0 Å². The van der Waals surface area contributed by atoms with Crippen LogP contribution in [-0.4, -0.2) is 48.2 Å². The molecule has 0 saturated carbocycles. The fourth-order valence-electron chi connectivity index (χ4n) is 2.66. The second-order valence-corrected chi connectivity index (χ2v) is 6.08. The second kappa shape index (κ2) is 11.6. The van der Waals surface area contributed by atoms with Crippen molar-refractivity contribution < 1.29 is 9.50 Å². The maximum Gasteiger partial charge on any atom is 0.193 e. The molecule has 6 heteroatoms. The highest BCUT2D eigenvalue weighted by atomic mass is 127. The lowest BCUT2D eigenvalue weighted by Gasteiger charge is -2.32. The van der Waals surface area contributed by atoms with Gasteiger partial charge in [0.15, 0.2) is 5.96 Å². The molecule has 2 N–H and O–H groups in total. The van der Waals surface area contributed by atoms with E-state index in [1.165, 1.54) is 12.1 Å². The quantitative estimate of drug-likeness (QED) is 0.304. The summed E-state index contributed by atoms with van der Waals surface area (Å²) in [6, 6.07) is 6.64. The third kappa shape index (κ3) is 7.34. The van der Waals surface area contributed by atoms with Crippen molar-refractivity contribution in [2.75, 3.05) is 26.2 Å². The highest BCUT2D eigenvalue weighted by molar-refractivity contribution is 14.0. The Hall–Kier alpha value is -0.890. The number of nitrogens with one attached hydrogen (secondary N) is 1. The predicted octanol–water partition coefficient (Wildman–Crippen LogP) is 3.19. The fraction of sp³-hybridized carbons (Fsp3) is 0.611. The van der Waals surface area contributed by atoms with Crippen LogP contribution in [0.5, 0.6) is 0 Å². The summed E-state index contributed by atoms with van der Waals surface area (Å²) in [6.45, 7) is 5.45. The summed E-state index contributed by atoms with van der Waals surface area (Å²) in [5.74, 6) is 0.739. The first-order valence-electron chi connectivity index (χ1n) is 8.65. The predicted molar refractivity (Wildman–Crippen MR) is 108 cm³/mol. The standard InChI is InChI=1S/C18H28FN3O.HI/c1-2-3-11-20-18(22-13-9-17(23)10-14-22)21-12-8-15-4-6-16(19)7-5-15;/h4-7,17,23H,2-3,8-14H2,1H3,(H,20,21);1H. The molecule has 1 aliphatic rings. The van der Waals surface area contributed by atoms with Gasteiger partial charge >= 0.3 is 0 Å². The Kier molecular flexibility index (Phi) is 10.2. The Morgan fingerprint density at radius 2 is 1.96 bits per heavy atom. The summed E-state index contributed by atoms with van der Waals surface area (Å²) in [7, 11) is 0. The summed E-state index contributed by atoms with van der Waals surface area (Å²) < 4.78 is 12.9. The van der Waals surface area contributed by atoms with Gasteiger partial charge in [-0.05, 0) is 43.4 Å². The minimum Gasteiger partial charge on any atom is -0.393 e. The van der Waals surface area contributed by atoms with Gasteiger partial charge in [0.1, 0.15) is 5.82 Å². The lowest BCUT2D eigenvalue weighted by molar-refractivity contribution is 0.108. The van der Waals surface area contributed by atoms with Gasteiger partial charge in [-0.3, -0.25) is 4.99 Å². The van der Waals surface area contributed by atoms with Gasteiger partial charge in [0, 0.05) is 26.2 Å². The lowest BCUT2D eigenvalue weighted by atomic mass is 10.1. The van der Waals surface area contributed by atoms with Gasteiger partial charge in [0.25, 0.3) is 0 Å². The number of likely N-dealkylation sites (tertiary alicyclic amines) is 1. The number of nitrogens with zero attached hydrogens (tertiary/aromatic N) is 2. The van der Waals surface area contributed by atoms with E-state index in [-0.39, 0.29) is 35.9 Å². The number of rotatable bonds is 6. The molecule has 0 radical (unpaired) electrons. The summed E-state index contributed by atoms with van der Waals surface area (Å²) in [5.41, 5.74) is 1.11. The van der Waals surface area contributed by atoms with Crippen LogP contribution in [-0.2, 0) is 6.42 Å². The van der Waals surface area contributed by atoms with E-state index in [4.69, 9.17) is 4.99 Å². The number of hydrogen-bond acceptors (Lipinski definition) is 2. The van der Waals surface area contributed by atoms with Crippen LogP contribution in [0.2, 0.25) is 0 Å². The molecule has 4 nitrogen and oxygen atoms in total. The summed E-state index contributed by atoms with van der Waals surface area (Å²) in [4.78, 5) is 6.93. The molecule has 1 aromatic rings. The molecular weight excluding hydrogens is 420 g/mol. The molecular formula is C18H29FIN3O. The first-order valence-corrected chi connectivity index (χ1v) is 8.65. The van der Waals surface area contributed by atoms with E-state index in [0.717, 1.165) is 69.8 Å². The van der Waals surface area contributed by atoms with E-state index in [2.05, 4.69) is 17.1 Å². The minimum atomic E-state index is -0.199. The first kappa shape index (κ1) is 21.2. The number of piperidine rings is 1. The van der Waals surface area contributed by atoms with Crippen molar-refractivity contribution in [3.8, 4) is 0 Å². The number of guanidine groups is 1. The van der Waals surface area contributed by atoms with E-state index in [1.807, 2.05) is 12.1 Å². The van der Waals surface area contributed by atoms with Crippen molar-refractivity contribution >= 4 is 29.9 Å². The number of aliphatic hydroxyl groups is 1. The third-order valence-electron chi connectivity index (χ3n) is 4.15. The maximum atomic E-state index is 12.9. The molecule has 2 rings (SSSR count). The fourth-order valence-corrected chi connectivity index (χ4v) is 2.66. The molecule has 1 aromatic carbocycles. The summed E-state index contributed by atoms with van der Waals surface area (Å²) >= 11 is 0. The lowest BCUT2D eigenvalue weighted by Crippen LogP contribution is -2.47. The van der Waals surface area contributed by atoms with Crippen LogP contribution in [0.4, 0.5) is 4.39 Å². The number of benzene rings is 1. The molecule has 24 heavy (non-hydrogen) atoms. The van der Waals surface area contributed by atoms with Crippen LogP contribution in [0.25, 0.3) is 0 Å². The monoisotopic (exact) mass is 449 g/mol. The van der Waals surface area contributed by atoms with Crippen LogP contribution in [0.3, 0.4) is 0 Å². The molecule has 1 heterocycles. The Bertz CT molecular complexity index is 488. The molecule has 1 aliphatic heterocycles. The van der Waals surface area contributed by atoms with Gasteiger partial charge in [-0.2, -0.15) is 0 Å². The van der Waals surface area contributed by atoms with Crippen LogP contribution in [0, 0.1) is 5.82 Å². The molecule has 0 bridgehead atoms. The minimum absolute atomic E-state index is 0. The zero-order chi connectivity index (χ0) is 16.5. The zero-order valence-corrected chi connectivity index (χ0v) is 16.7. The van der Waals surface area contributed by atoms with Crippen molar-refractivity contribution in [2.24, 2.45) is 4.99 Å². The summed E-state index contributed by atoms with van der Waals surface area (Å²) in [6.07, 6.45) is 4.47. The SMILES string of the molecule is CCCCN=C(NCCc1ccc(F)cc1)N1CCC(O)CC1.I. The number of aliphatic imine (C=N–C) groups is 1. The number of hydrogen-bond donors (Lipinski definition) is 2. The van der Waals surface area contributed by atoms with E-state index >= 15 is 0 Å². The Morgan fingerprint density at radius 3 is 2.58 bits per heavy atom. The third-order valence-corrected chi connectivity index (χ3v) is 4.15. The molecule has 1 saturated heterocycles. The Balaban J connectivity index is 0.00000288.